The molecule has 0 saturated heterocycles. The molecule has 0 saturated carbocycles. The second-order valence-electron chi connectivity index (χ2n) is 5.24. The molecule has 0 fully saturated rings. The predicted octanol–water partition coefficient (Wildman–Crippen LogP) is -1.64. The van der Waals surface area contributed by atoms with Gasteiger partial charge >= 0.3 is 0 Å². The van der Waals surface area contributed by atoms with Gasteiger partial charge in [0.15, 0.2) is 5.96 Å². The van der Waals surface area contributed by atoms with E-state index in [1.807, 2.05) is 0 Å². The van der Waals surface area contributed by atoms with Gasteiger partial charge in [-0.25, -0.2) is 0 Å². The minimum atomic E-state index is -0.667. The molecule has 132 valence electrons. The quantitative estimate of drug-likeness (QED) is 0.125. The van der Waals surface area contributed by atoms with Crippen LogP contribution in [0.1, 0.15) is 39.0 Å². The van der Waals surface area contributed by atoms with Crippen LogP contribution in [0.2, 0.25) is 0 Å². The average Bonchev–Trinajstić information content (AvgIpc) is 2.48. The van der Waals surface area contributed by atoms with E-state index in [-0.39, 0.29) is 17.8 Å². The highest BCUT2D eigenvalue weighted by molar-refractivity contribution is 5.88. The second kappa shape index (κ2) is 12.4. The van der Waals surface area contributed by atoms with Crippen molar-refractivity contribution in [3.8, 4) is 0 Å². The summed E-state index contributed by atoms with van der Waals surface area (Å²) < 4.78 is 0. The molecule has 0 aliphatic carbocycles. The van der Waals surface area contributed by atoms with Crippen LogP contribution in [0.5, 0.6) is 0 Å². The van der Waals surface area contributed by atoms with Crippen LogP contribution in [0.3, 0.4) is 0 Å². The number of nitrogens with two attached hydrogens (primary N) is 3. The Morgan fingerprint density at radius 3 is 2.35 bits per heavy atom. The Balaban J connectivity index is 4.44. The lowest BCUT2D eigenvalue weighted by Gasteiger charge is -2.20. The zero-order chi connectivity index (χ0) is 17.7. The molecule has 23 heavy (non-hydrogen) atoms. The Morgan fingerprint density at radius 1 is 1.13 bits per heavy atom. The highest BCUT2D eigenvalue weighted by Gasteiger charge is 2.21. The van der Waals surface area contributed by atoms with Crippen molar-refractivity contribution in [2.45, 2.75) is 51.1 Å². The summed E-state index contributed by atoms with van der Waals surface area (Å²) >= 11 is 0. The monoisotopic (exact) mass is 328 g/mol. The third kappa shape index (κ3) is 11.1. The number of unbranched alkanes of at least 4 members (excludes halogenated alkanes) is 1. The van der Waals surface area contributed by atoms with Gasteiger partial charge in [-0.1, -0.05) is 0 Å². The van der Waals surface area contributed by atoms with Crippen molar-refractivity contribution in [1.82, 2.24) is 10.6 Å². The maximum Gasteiger partial charge on any atom is 0.243 e. The van der Waals surface area contributed by atoms with Crippen LogP contribution in [0, 0.1) is 0 Å². The van der Waals surface area contributed by atoms with Crippen LogP contribution in [0.15, 0.2) is 4.99 Å². The van der Waals surface area contributed by atoms with Gasteiger partial charge in [0.25, 0.3) is 0 Å². The first kappa shape index (κ1) is 20.8. The van der Waals surface area contributed by atoms with Gasteiger partial charge in [0.05, 0.1) is 6.04 Å². The molecule has 2 amide bonds. The van der Waals surface area contributed by atoms with E-state index in [1.54, 1.807) is 0 Å². The van der Waals surface area contributed by atoms with E-state index in [9.17, 15) is 14.4 Å². The van der Waals surface area contributed by atoms with Crippen molar-refractivity contribution in [2.24, 2.45) is 22.2 Å². The fraction of sp³-hybridized carbons (Fsp3) is 0.714. The average molecular weight is 328 g/mol. The van der Waals surface area contributed by atoms with Crippen LogP contribution >= 0.6 is 0 Å². The largest absolute Gasteiger partial charge is 0.370 e. The maximum absolute atomic E-state index is 12.2. The number of rotatable bonds is 12. The molecule has 0 aliphatic heterocycles. The summed E-state index contributed by atoms with van der Waals surface area (Å²) in [6.45, 7) is 2.25. The third-order valence-corrected chi connectivity index (χ3v) is 3.10. The van der Waals surface area contributed by atoms with Gasteiger partial charge in [0.2, 0.25) is 11.8 Å². The first-order chi connectivity index (χ1) is 10.9. The molecule has 0 bridgehead atoms. The van der Waals surface area contributed by atoms with Gasteiger partial charge in [0, 0.05) is 13.5 Å². The van der Waals surface area contributed by atoms with E-state index >= 15 is 0 Å². The Morgan fingerprint density at radius 2 is 1.83 bits per heavy atom. The summed E-state index contributed by atoms with van der Waals surface area (Å²) in [6.07, 6.45) is 3.59. The number of hydrogen-bond acceptors (Lipinski definition) is 5. The molecule has 0 unspecified atom stereocenters. The number of hydrogen-bond donors (Lipinski definition) is 5. The van der Waals surface area contributed by atoms with Gasteiger partial charge in [-0.05, 0) is 38.6 Å². The van der Waals surface area contributed by atoms with Crippen LogP contribution in [0.25, 0.3) is 0 Å². The zero-order valence-corrected chi connectivity index (χ0v) is 13.6. The molecule has 9 heteroatoms. The number of aldehydes is 1. The second-order valence-corrected chi connectivity index (χ2v) is 5.24. The number of carbonyl (C=O) groups is 3. The van der Waals surface area contributed by atoms with E-state index in [0.717, 1.165) is 6.42 Å². The summed E-state index contributed by atoms with van der Waals surface area (Å²) in [6, 6.07) is -1.30. The number of carbonyl (C=O) groups excluding carboxylic acids is 3. The van der Waals surface area contributed by atoms with E-state index in [2.05, 4.69) is 15.6 Å². The minimum Gasteiger partial charge on any atom is -0.370 e. The standard InChI is InChI=1S/C14H28N6O3/c1-10(22)19-12(6-2-3-7-15)13(23)20-11(9-21)5-4-8-18-14(16)17/h9,11-12H,2-8,15H2,1H3,(H,19,22)(H,20,23)(H4,16,17,18)/t11-,12-/m0/s1. The van der Waals surface area contributed by atoms with E-state index in [4.69, 9.17) is 17.2 Å². The molecule has 0 heterocycles. The molecule has 0 rings (SSSR count). The van der Waals surface area contributed by atoms with Crippen molar-refractivity contribution in [1.29, 1.82) is 0 Å². The molecule has 0 aromatic carbocycles. The smallest absolute Gasteiger partial charge is 0.243 e. The molecule has 0 aromatic rings. The number of guanidine groups is 1. The van der Waals surface area contributed by atoms with Crippen LogP contribution < -0.4 is 27.8 Å². The van der Waals surface area contributed by atoms with E-state index in [0.29, 0.717) is 45.1 Å². The molecule has 9 nitrogen and oxygen atoms in total. The van der Waals surface area contributed by atoms with Crippen molar-refractivity contribution in [2.75, 3.05) is 13.1 Å². The first-order valence-corrected chi connectivity index (χ1v) is 7.69. The zero-order valence-electron chi connectivity index (χ0n) is 13.6. The topological polar surface area (TPSA) is 166 Å². The lowest BCUT2D eigenvalue weighted by atomic mass is 10.1. The first-order valence-electron chi connectivity index (χ1n) is 7.69. The molecule has 0 radical (unpaired) electrons. The van der Waals surface area contributed by atoms with Crippen molar-refractivity contribution in [3.63, 3.8) is 0 Å². The Labute approximate surface area is 136 Å². The molecule has 2 atom stereocenters. The fourth-order valence-corrected chi connectivity index (χ4v) is 1.98. The summed E-state index contributed by atoms with van der Waals surface area (Å²) in [5.74, 6) is -0.688. The predicted molar refractivity (Wildman–Crippen MR) is 88.4 cm³/mol. The molecular weight excluding hydrogens is 300 g/mol. The molecular formula is C14H28N6O3. The molecule has 0 spiro atoms. The normalized spacial score (nSPS) is 12.8. The SMILES string of the molecule is CC(=O)N[C@@H](CCCCN)C(=O)N[C@H](C=O)CCCN=C(N)N. The highest BCUT2D eigenvalue weighted by Crippen LogP contribution is 2.03. The molecule has 0 aliphatic rings. The lowest BCUT2D eigenvalue weighted by molar-refractivity contribution is -0.129. The summed E-state index contributed by atoms with van der Waals surface area (Å²) in [4.78, 5) is 38.3. The van der Waals surface area contributed by atoms with Gasteiger partial charge in [-0.2, -0.15) is 0 Å². The van der Waals surface area contributed by atoms with Crippen molar-refractivity contribution in [3.05, 3.63) is 0 Å². The van der Waals surface area contributed by atoms with Crippen molar-refractivity contribution < 1.29 is 14.4 Å². The van der Waals surface area contributed by atoms with Gasteiger partial charge in [-0.3, -0.25) is 14.6 Å². The fourth-order valence-electron chi connectivity index (χ4n) is 1.98. The van der Waals surface area contributed by atoms with Crippen LogP contribution in [-0.2, 0) is 14.4 Å². The number of amides is 2. The lowest BCUT2D eigenvalue weighted by Crippen LogP contribution is -2.49. The van der Waals surface area contributed by atoms with Crippen LogP contribution in [0.4, 0.5) is 0 Å². The minimum absolute atomic E-state index is 0.0117. The third-order valence-electron chi connectivity index (χ3n) is 3.10. The molecule has 8 N–H and O–H groups in total. The Kier molecular flexibility index (Phi) is 11.2. The van der Waals surface area contributed by atoms with E-state index < -0.39 is 12.1 Å². The van der Waals surface area contributed by atoms with Crippen molar-refractivity contribution >= 4 is 24.1 Å². The number of nitrogens with one attached hydrogen (secondary N) is 2. The van der Waals surface area contributed by atoms with Gasteiger partial charge in [-0.15, -0.1) is 0 Å². The van der Waals surface area contributed by atoms with Crippen LogP contribution in [-0.4, -0.2) is 49.2 Å². The molecule has 0 aromatic heterocycles. The highest BCUT2D eigenvalue weighted by atomic mass is 16.2. The van der Waals surface area contributed by atoms with Gasteiger partial charge < -0.3 is 32.6 Å². The summed E-state index contributed by atoms with van der Waals surface area (Å²) in [5.41, 5.74) is 15.8. The number of nitrogens with zero attached hydrogens (tertiary/aromatic N) is 1. The summed E-state index contributed by atoms with van der Waals surface area (Å²) in [7, 11) is 0. The van der Waals surface area contributed by atoms with Gasteiger partial charge in [0.1, 0.15) is 12.3 Å². The summed E-state index contributed by atoms with van der Waals surface area (Å²) in [5, 5.41) is 5.21. The number of aliphatic imine (C=N–C) groups is 1. The maximum atomic E-state index is 12.2. The Bertz CT molecular complexity index is 409. The Hall–Kier alpha value is -2.16. The van der Waals surface area contributed by atoms with E-state index in [1.165, 1.54) is 6.92 Å².